The molecule has 0 bridgehead atoms. The van der Waals surface area contributed by atoms with Crippen LogP contribution in [0.3, 0.4) is 0 Å². The molecule has 0 radical (unpaired) electrons. The molecule has 0 amide bonds. The van der Waals surface area contributed by atoms with Gasteiger partial charge in [-0.3, -0.25) is 0 Å². The Kier molecular flexibility index (Phi) is 10.3. The summed E-state index contributed by atoms with van der Waals surface area (Å²) in [6, 6.07) is 0. The Morgan fingerprint density at radius 1 is 0.909 bits per heavy atom. The van der Waals surface area contributed by atoms with E-state index >= 15 is 0 Å². The Hall–Kier alpha value is 0. The second-order valence-corrected chi connectivity index (χ2v) is 7.59. The van der Waals surface area contributed by atoms with E-state index in [1.54, 1.807) is 0 Å². The summed E-state index contributed by atoms with van der Waals surface area (Å²) >= 11 is 0. The molecular formula is C22H44. The first-order chi connectivity index (χ1) is 11.6. The lowest BCUT2D eigenvalue weighted by Gasteiger charge is -2.34. The van der Waals surface area contributed by atoms with Crippen LogP contribution in [0.1, 0.15) is 126 Å². The van der Waals surface area contributed by atoms with E-state index in [1.807, 2.05) is 0 Å². The van der Waals surface area contributed by atoms with E-state index in [9.17, 15) is 0 Å². The fourth-order valence-corrected chi connectivity index (χ4v) is 4.18. The largest absolute Gasteiger partial charge is 0.0654 e. The fraction of sp³-hybridized carbons (Fsp3) is 1.00. The van der Waals surface area contributed by atoms with Gasteiger partial charge in [-0.25, -0.2) is 0 Å². The maximum atomic E-state index is 9.16. The molecular weight excluding hydrogens is 264 g/mol. The average Bonchev–Trinajstić information content (AvgIpc) is 2.55. The van der Waals surface area contributed by atoms with E-state index in [1.165, 1.54) is 64.2 Å². The molecule has 0 aromatic carbocycles. The van der Waals surface area contributed by atoms with E-state index in [4.69, 9.17) is 2.74 Å². The summed E-state index contributed by atoms with van der Waals surface area (Å²) in [5.41, 5.74) is 0. The van der Waals surface area contributed by atoms with Crippen LogP contribution in [-0.4, -0.2) is 0 Å². The minimum atomic E-state index is -0.296. The zero-order valence-corrected chi connectivity index (χ0v) is 15.8. The van der Waals surface area contributed by atoms with Crippen molar-refractivity contribution >= 4 is 0 Å². The smallest absolute Gasteiger partial charge is 0.0306 e. The molecule has 0 aliphatic heterocycles. The Morgan fingerprint density at radius 3 is 2.41 bits per heavy atom. The molecule has 0 nitrogen and oxygen atoms in total. The SMILES string of the molecule is [2H]C1CCCC([2H])(CCCCCC)C1CC(CCC)CCCCC. The number of hydrogen-bond donors (Lipinski definition) is 0. The molecule has 132 valence electrons. The normalized spacial score (nSPS) is 31.6. The van der Waals surface area contributed by atoms with Gasteiger partial charge < -0.3 is 0 Å². The van der Waals surface area contributed by atoms with E-state index in [0.29, 0.717) is 5.92 Å². The first-order valence-corrected chi connectivity index (χ1v) is 10.5. The Balaban J connectivity index is 2.64. The molecule has 1 aliphatic carbocycles. The summed E-state index contributed by atoms with van der Waals surface area (Å²) in [6.07, 6.45) is 18.3. The van der Waals surface area contributed by atoms with Crippen LogP contribution in [0, 0.1) is 17.7 Å². The zero-order valence-electron chi connectivity index (χ0n) is 17.8. The van der Waals surface area contributed by atoms with Crippen molar-refractivity contribution in [3.63, 3.8) is 0 Å². The van der Waals surface area contributed by atoms with Crippen LogP contribution < -0.4 is 0 Å². The fourth-order valence-electron chi connectivity index (χ4n) is 4.18. The van der Waals surface area contributed by atoms with Crippen LogP contribution in [0.2, 0.25) is 0 Å². The maximum absolute atomic E-state index is 9.16. The molecule has 1 saturated carbocycles. The topological polar surface area (TPSA) is 0 Å². The van der Waals surface area contributed by atoms with Gasteiger partial charge in [0.2, 0.25) is 0 Å². The highest BCUT2D eigenvalue weighted by Crippen LogP contribution is 2.39. The summed E-state index contributed by atoms with van der Waals surface area (Å²) < 4.78 is 17.8. The highest BCUT2D eigenvalue weighted by Gasteiger charge is 2.26. The quantitative estimate of drug-likeness (QED) is 0.301. The van der Waals surface area contributed by atoms with E-state index < -0.39 is 0 Å². The van der Waals surface area contributed by atoms with E-state index in [2.05, 4.69) is 20.8 Å². The van der Waals surface area contributed by atoms with Gasteiger partial charge in [-0.2, -0.15) is 0 Å². The third-order valence-electron chi connectivity index (χ3n) is 5.53. The molecule has 0 aromatic rings. The first-order valence-electron chi connectivity index (χ1n) is 11.6. The van der Waals surface area contributed by atoms with Crippen molar-refractivity contribution in [2.24, 2.45) is 17.7 Å². The maximum Gasteiger partial charge on any atom is 0.0306 e. The zero-order chi connectivity index (χ0) is 17.8. The monoisotopic (exact) mass is 310 g/mol. The number of rotatable bonds is 13. The van der Waals surface area contributed by atoms with E-state index in [0.717, 1.165) is 38.0 Å². The van der Waals surface area contributed by atoms with Crippen molar-refractivity contribution < 1.29 is 2.74 Å². The molecule has 0 aromatic heterocycles. The Morgan fingerprint density at radius 2 is 1.68 bits per heavy atom. The third kappa shape index (κ3) is 8.59. The Bertz CT molecular complexity index is 304. The van der Waals surface area contributed by atoms with Crippen molar-refractivity contribution in [3.8, 4) is 0 Å². The molecule has 0 N–H and O–H groups in total. The van der Waals surface area contributed by atoms with Gasteiger partial charge in [0.25, 0.3) is 0 Å². The lowest BCUT2D eigenvalue weighted by molar-refractivity contribution is 0.173. The van der Waals surface area contributed by atoms with Crippen LogP contribution in [0.15, 0.2) is 0 Å². The lowest BCUT2D eigenvalue weighted by atomic mass is 9.71. The Labute approximate surface area is 144 Å². The second kappa shape index (κ2) is 13.4. The average molecular weight is 311 g/mol. The highest BCUT2D eigenvalue weighted by atomic mass is 14.3. The van der Waals surface area contributed by atoms with Crippen molar-refractivity contribution in [3.05, 3.63) is 0 Å². The third-order valence-corrected chi connectivity index (χ3v) is 5.53. The van der Waals surface area contributed by atoms with Crippen molar-refractivity contribution in [1.82, 2.24) is 0 Å². The minimum Gasteiger partial charge on any atom is -0.0654 e. The number of unbranched alkanes of at least 4 members (excludes halogenated alkanes) is 5. The van der Waals surface area contributed by atoms with Crippen molar-refractivity contribution in [2.45, 2.75) is 123 Å². The van der Waals surface area contributed by atoms with Gasteiger partial charge in [0.15, 0.2) is 0 Å². The van der Waals surface area contributed by atoms with Crippen LogP contribution in [0.25, 0.3) is 0 Å². The molecule has 0 heterocycles. The molecule has 4 atom stereocenters. The summed E-state index contributed by atoms with van der Waals surface area (Å²) in [7, 11) is 0. The lowest BCUT2D eigenvalue weighted by Crippen LogP contribution is -2.22. The predicted octanol–water partition coefficient (Wildman–Crippen LogP) is 8.15. The second-order valence-electron chi connectivity index (χ2n) is 7.59. The molecule has 4 unspecified atom stereocenters. The molecule has 1 aliphatic rings. The summed E-state index contributed by atoms with van der Waals surface area (Å²) in [4.78, 5) is 0. The standard InChI is InChI=1S/C22H44/c1-4-7-9-11-16-21-17-12-13-18-22(21)19-20(14-6-3)15-10-8-5-2/h20-22H,4-19H2,1-3H3/i18D,21D. The molecule has 1 fully saturated rings. The minimum absolute atomic E-state index is 0.0213. The first kappa shape index (κ1) is 16.8. The van der Waals surface area contributed by atoms with Crippen molar-refractivity contribution in [1.29, 1.82) is 0 Å². The van der Waals surface area contributed by atoms with Crippen LogP contribution in [-0.2, 0) is 0 Å². The highest BCUT2D eigenvalue weighted by molar-refractivity contribution is 4.78. The van der Waals surface area contributed by atoms with Gasteiger partial charge in [-0.05, 0) is 24.2 Å². The molecule has 0 heteroatoms. The van der Waals surface area contributed by atoms with Gasteiger partial charge >= 0.3 is 0 Å². The van der Waals surface area contributed by atoms with Crippen molar-refractivity contribution in [2.75, 3.05) is 0 Å². The summed E-state index contributed by atoms with van der Waals surface area (Å²) in [5.74, 6) is 0.790. The van der Waals surface area contributed by atoms with Gasteiger partial charge in [0, 0.05) is 2.74 Å². The van der Waals surface area contributed by atoms with Gasteiger partial charge in [-0.15, -0.1) is 0 Å². The van der Waals surface area contributed by atoms with Gasteiger partial charge in [-0.1, -0.05) is 117 Å². The van der Waals surface area contributed by atoms with Crippen LogP contribution in [0.4, 0.5) is 0 Å². The molecule has 0 spiro atoms. The molecule has 0 saturated heterocycles. The summed E-state index contributed by atoms with van der Waals surface area (Å²) in [6.45, 7) is 6.83. The predicted molar refractivity (Wildman–Crippen MR) is 101 cm³/mol. The van der Waals surface area contributed by atoms with Gasteiger partial charge in [0.1, 0.15) is 0 Å². The molecule has 22 heavy (non-hydrogen) atoms. The van der Waals surface area contributed by atoms with E-state index in [-0.39, 0.29) is 12.3 Å². The number of hydrogen-bond acceptors (Lipinski definition) is 0. The van der Waals surface area contributed by atoms with Crippen LogP contribution >= 0.6 is 0 Å². The summed E-state index contributed by atoms with van der Waals surface area (Å²) in [5, 5.41) is 0. The van der Waals surface area contributed by atoms with Crippen LogP contribution in [0.5, 0.6) is 0 Å². The molecule has 1 rings (SSSR count). The van der Waals surface area contributed by atoms with Gasteiger partial charge in [0.05, 0.1) is 0 Å².